The van der Waals surface area contributed by atoms with Crippen LogP contribution in [0.5, 0.6) is 11.5 Å². The van der Waals surface area contributed by atoms with E-state index >= 15 is 0 Å². The van der Waals surface area contributed by atoms with Crippen molar-refractivity contribution in [1.82, 2.24) is 5.43 Å². The molecule has 196 valence electrons. The molecule has 10 heteroatoms. The van der Waals surface area contributed by atoms with Crippen LogP contribution in [0.3, 0.4) is 0 Å². The van der Waals surface area contributed by atoms with Gasteiger partial charge in [0.15, 0.2) is 11.5 Å². The number of hydrogen-bond donors (Lipinski definition) is 1. The molecule has 0 aromatic heterocycles. The molecule has 0 saturated carbocycles. The molecular weight excluding hydrogens is 514 g/mol. The number of amides is 1. The zero-order valence-corrected chi connectivity index (χ0v) is 22.8. The van der Waals surface area contributed by atoms with E-state index in [-0.39, 0.29) is 0 Å². The predicted octanol–water partition coefficient (Wildman–Crippen LogP) is 4.85. The Kier molecular flexibility index (Phi) is 9.54. The fourth-order valence-electron chi connectivity index (χ4n) is 3.69. The molecule has 0 spiro atoms. The number of para-hydroxylation sites is 1. The molecule has 3 aromatic rings. The summed E-state index contributed by atoms with van der Waals surface area (Å²) in [6, 6.07) is 18.1. The van der Waals surface area contributed by atoms with Crippen LogP contribution in [0.2, 0.25) is 5.02 Å². The molecule has 0 aliphatic rings. The number of sulfonamides is 1. The summed E-state index contributed by atoms with van der Waals surface area (Å²) in [4.78, 5) is 12.6. The number of anilines is 1. The zero-order chi connectivity index (χ0) is 27.0. The predicted molar refractivity (Wildman–Crippen MR) is 147 cm³/mol. The Morgan fingerprint density at radius 2 is 1.73 bits per heavy atom. The van der Waals surface area contributed by atoms with Gasteiger partial charge in [-0.3, -0.25) is 9.10 Å². The maximum atomic E-state index is 12.6. The summed E-state index contributed by atoms with van der Waals surface area (Å²) >= 11 is 6.04. The first-order chi connectivity index (χ1) is 17.6. The van der Waals surface area contributed by atoms with Gasteiger partial charge in [0.1, 0.15) is 13.2 Å². The minimum Gasteiger partial charge on any atom is -0.490 e. The van der Waals surface area contributed by atoms with Gasteiger partial charge in [0.05, 0.1) is 24.8 Å². The number of carbonyl (C=O) groups is 1. The lowest BCUT2D eigenvalue weighted by Gasteiger charge is -2.25. The SMILES string of the molecule is CCOc1cc(/C=N\NC(=O)CN(c2c(C)cccc2C)S(C)(=O)=O)ccc1OCc1cccc(Cl)c1. The van der Waals surface area contributed by atoms with Crippen molar-refractivity contribution in [2.45, 2.75) is 27.4 Å². The largest absolute Gasteiger partial charge is 0.490 e. The smallest absolute Gasteiger partial charge is 0.260 e. The Morgan fingerprint density at radius 3 is 2.38 bits per heavy atom. The lowest BCUT2D eigenvalue weighted by molar-refractivity contribution is -0.119. The number of halogens is 1. The highest BCUT2D eigenvalue weighted by molar-refractivity contribution is 7.92. The Bertz CT molecular complexity index is 1370. The summed E-state index contributed by atoms with van der Waals surface area (Å²) < 4.78 is 37.6. The number of hydrogen-bond acceptors (Lipinski definition) is 6. The molecule has 0 heterocycles. The van der Waals surface area contributed by atoms with Crippen LogP contribution >= 0.6 is 11.6 Å². The van der Waals surface area contributed by atoms with Gasteiger partial charge in [-0.1, -0.05) is 41.9 Å². The monoisotopic (exact) mass is 543 g/mol. The molecule has 0 fully saturated rings. The summed E-state index contributed by atoms with van der Waals surface area (Å²) in [5.41, 5.74) is 5.97. The van der Waals surface area contributed by atoms with E-state index in [2.05, 4.69) is 10.5 Å². The fraction of sp³-hybridized carbons (Fsp3) is 0.259. The number of ether oxygens (including phenoxy) is 2. The van der Waals surface area contributed by atoms with Gasteiger partial charge in [0, 0.05) is 5.02 Å². The molecule has 1 amide bonds. The van der Waals surface area contributed by atoms with Gasteiger partial charge in [-0.05, 0) is 73.4 Å². The standard InChI is InChI=1S/C27H30ClN3O5S/c1-5-35-25-15-21(12-13-24(25)36-18-22-10-7-11-23(28)14-22)16-29-30-26(32)17-31(37(4,33)34)27-19(2)8-6-9-20(27)3/h6-16H,5,17-18H2,1-4H3,(H,30,32)/b29-16-. The quantitative estimate of drug-likeness (QED) is 0.275. The van der Waals surface area contributed by atoms with Gasteiger partial charge in [-0.15, -0.1) is 0 Å². The summed E-state index contributed by atoms with van der Waals surface area (Å²) in [6.45, 7) is 5.82. The lowest BCUT2D eigenvalue weighted by Crippen LogP contribution is -2.39. The van der Waals surface area contributed by atoms with E-state index in [9.17, 15) is 13.2 Å². The fourth-order valence-corrected chi connectivity index (χ4v) is 4.87. The van der Waals surface area contributed by atoms with Gasteiger partial charge >= 0.3 is 0 Å². The van der Waals surface area contributed by atoms with Crippen LogP contribution in [-0.4, -0.2) is 39.9 Å². The third kappa shape index (κ3) is 7.96. The second-order valence-electron chi connectivity index (χ2n) is 8.36. The van der Waals surface area contributed by atoms with E-state index in [4.69, 9.17) is 21.1 Å². The first-order valence-corrected chi connectivity index (χ1v) is 13.8. The Morgan fingerprint density at radius 1 is 1.03 bits per heavy atom. The van der Waals surface area contributed by atoms with Crippen LogP contribution in [-0.2, 0) is 21.4 Å². The summed E-state index contributed by atoms with van der Waals surface area (Å²) in [5.74, 6) is 0.509. The minimum absolute atomic E-state index is 0.321. The molecule has 1 N–H and O–H groups in total. The van der Waals surface area contributed by atoms with Gasteiger partial charge in [0.25, 0.3) is 5.91 Å². The Balaban J connectivity index is 1.68. The van der Waals surface area contributed by atoms with E-state index in [1.807, 2.05) is 31.2 Å². The van der Waals surface area contributed by atoms with Gasteiger partial charge < -0.3 is 9.47 Å². The van der Waals surface area contributed by atoms with E-state index in [0.717, 1.165) is 27.3 Å². The van der Waals surface area contributed by atoms with Crippen LogP contribution < -0.4 is 19.2 Å². The Hall–Kier alpha value is -3.56. The summed E-state index contributed by atoms with van der Waals surface area (Å²) in [5, 5.41) is 4.63. The molecule has 3 rings (SSSR count). The number of hydrazone groups is 1. The van der Waals surface area contributed by atoms with Crippen LogP contribution in [0.25, 0.3) is 0 Å². The van der Waals surface area contributed by atoms with E-state index < -0.39 is 22.5 Å². The highest BCUT2D eigenvalue weighted by Gasteiger charge is 2.23. The number of benzene rings is 3. The van der Waals surface area contributed by atoms with Crippen molar-refractivity contribution in [2.24, 2.45) is 5.10 Å². The highest BCUT2D eigenvalue weighted by Crippen LogP contribution is 2.29. The topological polar surface area (TPSA) is 97.3 Å². The van der Waals surface area contributed by atoms with Crippen molar-refractivity contribution < 1.29 is 22.7 Å². The molecule has 0 aliphatic carbocycles. The van der Waals surface area contributed by atoms with Crippen molar-refractivity contribution in [3.63, 3.8) is 0 Å². The molecule has 3 aromatic carbocycles. The zero-order valence-electron chi connectivity index (χ0n) is 21.2. The third-order valence-electron chi connectivity index (χ3n) is 5.33. The number of carbonyl (C=O) groups excluding carboxylic acids is 1. The number of nitrogens with one attached hydrogen (secondary N) is 1. The minimum atomic E-state index is -3.70. The Labute approximate surface area is 222 Å². The van der Waals surface area contributed by atoms with Crippen molar-refractivity contribution in [3.05, 3.63) is 87.9 Å². The number of aryl methyl sites for hydroxylation is 2. The van der Waals surface area contributed by atoms with Crippen LogP contribution in [0.4, 0.5) is 5.69 Å². The maximum Gasteiger partial charge on any atom is 0.260 e. The van der Waals surface area contributed by atoms with Gasteiger partial charge in [-0.2, -0.15) is 5.10 Å². The summed E-state index contributed by atoms with van der Waals surface area (Å²) in [6.07, 6.45) is 2.52. The molecule has 0 radical (unpaired) electrons. The van der Waals surface area contributed by atoms with Crippen molar-refractivity contribution >= 4 is 39.4 Å². The normalized spacial score (nSPS) is 11.4. The molecular formula is C27H30ClN3O5S. The third-order valence-corrected chi connectivity index (χ3v) is 6.68. The van der Waals surface area contributed by atoms with Gasteiger partial charge in [-0.25, -0.2) is 13.8 Å². The molecule has 8 nitrogen and oxygen atoms in total. The van der Waals surface area contributed by atoms with E-state index in [1.54, 1.807) is 50.2 Å². The number of nitrogens with zero attached hydrogens (tertiary/aromatic N) is 2. The molecule has 0 saturated heterocycles. The first kappa shape index (κ1) is 28.0. The maximum absolute atomic E-state index is 12.6. The molecule has 0 aliphatic heterocycles. The second-order valence-corrected chi connectivity index (χ2v) is 10.7. The van der Waals surface area contributed by atoms with Crippen molar-refractivity contribution in [3.8, 4) is 11.5 Å². The molecule has 0 atom stereocenters. The van der Waals surface area contributed by atoms with E-state index in [1.165, 1.54) is 6.21 Å². The highest BCUT2D eigenvalue weighted by atomic mass is 35.5. The van der Waals surface area contributed by atoms with Gasteiger partial charge in [0.2, 0.25) is 10.0 Å². The van der Waals surface area contributed by atoms with Crippen LogP contribution in [0, 0.1) is 13.8 Å². The first-order valence-electron chi connectivity index (χ1n) is 11.6. The van der Waals surface area contributed by atoms with Crippen LogP contribution in [0.15, 0.2) is 65.8 Å². The average molecular weight is 544 g/mol. The number of rotatable bonds is 11. The average Bonchev–Trinajstić information content (AvgIpc) is 2.82. The summed E-state index contributed by atoms with van der Waals surface area (Å²) in [7, 11) is -3.70. The molecule has 0 unspecified atom stereocenters. The molecule has 37 heavy (non-hydrogen) atoms. The molecule has 0 bridgehead atoms. The van der Waals surface area contributed by atoms with Crippen molar-refractivity contribution in [1.29, 1.82) is 0 Å². The lowest BCUT2D eigenvalue weighted by atomic mass is 10.1. The second kappa shape index (κ2) is 12.6. The van der Waals surface area contributed by atoms with Crippen LogP contribution in [0.1, 0.15) is 29.2 Å². The van der Waals surface area contributed by atoms with E-state index in [0.29, 0.717) is 41.0 Å². The van der Waals surface area contributed by atoms with Crippen molar-refractivity contribution in [2.75, 3.05) is 23.7 Å².